The highest BCUT2D eigenvalue weighted by atomic mass is 35.5. The van der Waals surface area contributed by atoms with E-state index in [1.807, 2.05) is 4.90 Å². The van der Waals surface area contributed by atoms with Crippen LogP contribution >= 0.6 is 11.6 Å². The van der Waals surface area contributed by atoms with Crippen LogP contribution in [-0.4, -0.2) is 28.8 Å². The molecule has 1 saturated heterocycles. The fourth-order valence-corrected chi connectivity index (χ4v) is 3.51. The minimum absolute atomic E-state index is 0.0232. The van der Waals surface area contributed by atoms with Crippen molar-refractivity contribution in [2.24, 2.45) is 5.92 Å². The van der Waals surface area contributed by atoms with Crippen molar-refractivity contribution in [2.75, 3.05) is 18.0 Å². The van der Waals surface area contributed by atoms with Crippen LogP contribution in [0.15, 0.2) is 35.3 Å². The zero-order valence-corrected chi connectivity index (χ0v) is 17.1. The summed E-state index contributed by atoms with van der Waals surface area (Å²) in [6.45, 7) is 3.46. The Morgan fingerprint density at radius 3 is 2.47 bits per heavy atom. The maximum Gasteiger partial charge on any atom is 0.416 e. The molecule has 0 radical (unpaired) electrons. The lowest BCUT2D eigenvalue weighted by Gasteiger charge is -2.32. The minimum Gasteiger partial charge on any atom is -0.369 e. The molecule has 3 rings (SSSR count). The van der Waals surface area contributed by atoms with Crippen LogP contribution in [0.2, 0.25) is 5.02 Å². The number of alkyl halides is 3. The van der Waals surface area contributed by atoms with Gasteiger partial charge >= 0.3 is 6.18 Å². The second-order valence-corrected chi connectivity index (χ2v) is 7.83. The number of benzene rings is 1. The predicted octanol–water partition coefficient (Wildman–Crippen LogP) is 3.47. The summed E-state index contributed by atoms with van der Waals surface area (Å²) in [5.41, 5.74) is -0.247. The van der Waals surface area contributed by atoms with E-state index in [0.717, 1.165) is 42.7 Å². The standard InChI is InChI=1S/C20H22ClF3N4O2/c1-13-6-8-27(9-7-13)16-11-26-28(19(30)18(16)21)12-17(29)25-10-14-2-4-15(5-3-14)20(22,23)24/h2-5,11,13H,6-10,12H2,1H3,(H,25,29). The van der Waals surface area contributed by atoms with E-state index in [-0.39, 0.29) is 18.1 Å². The maximum atomic E-state index is 12.6. The number of hydrogen-bond donors (Lipinski definition) is 1. The van der Waals surface area contributed by atoms with Gasteiger partial charge in [0.05, 0.1) is 17.4 Å². The van der Waals surface area contributed by atoms with Crippen molar-refractivity contribution in [3.8, 4) is 0 Å². The number of anilines is 1. The highest BCUT2D eigenvalue weighted by Gasteiger charge is 2.29. The molecule has 1 amide bonds. The fraction of sp³-hybridized carbons (Fsp3) is 0.450. The summed E-state index contributed by atoms with van der Waals surface area (Å²) >= 11 is 6.24. The van der Waals surface area contributed by atoms with Crippen molar-refractivity contribution in [1.82, 2.24) is 15.1 Å². The van der Waals surface area contributed by atoms with Gasteiger partial charge in [0.15, 0.2) is 0 Å². The van der Waals surface area contributed by atoms with Gasteiger partial charge in [-0.25, -0.2) is 4.68 Å². The fourth-order valence-electron chi connectivity index (χ4n) is 3.24. The summed E-state index contributed by atoms with van der Waals surface area (Å²) in [6, 6.07) is 4.48. The molecule has 1 N–H and O–H groups in total. The van der Waals surface area contributed by atoms with Crippen molar-refractivity contribution in [2.45, 2.75) is 39.0 Å². The van der Waals surface area contributed by atoms with Crippen molar-refractivity contribution in [1.29, 1.82) is 0 Å². The van der Waals surface area contributed by atoms with Crippen LogP contribution in [0.1, 0.15) is 30.9 Å². The van der Waals surface area contributed by atoms with Crippen LogP contribution in [0.3, 0.4) is 0 Å². The molecular formula is C20H22ClF3N4O2. The lowest BCUT2D eigenvalue weighted by Crippen LogP contribution is -2.37. The number of carbonyl (C=O) groups excluding carboxylic acids is 1. The van der Waals surface area contributed by atoms with Crippen molar-refractivity contribution in [3.63, 3.8) is 0 Å². The monoisotopic (exact) mass is 442 g/mol. The molecule has 0 aliphatic carbocycles. The molecule has 0 unspecified atom stereocenters. The van der Waals surface area contributed by atoms with Gasteiger partial charge in [-0.3, -0.25) is 9.59 Å². The zero-order chi connectivity index (χ0) is 21.9. The molecule has 162 valence electrons. The first kappa shape index (κ1) is 22.1. The molecular weight excluding hydrogens is 421 g/mol. The third kappa shape index (κ3) is 5.33. The van der Waals surface area contributed by atoms with Gasteiger partial charge in [-0.05, 0) is 36.5 Å². The molecule has 1 aromatic carbocycles. The van der Waals surface area contributed by atoms with E-state index in [9.17, 15) is 22.8 Å². The van der Waals surface area contributed by atoms with E-state index in [2.05, 4.69) is 17.3 Å². The van der Waals surface area contributed by atoms with Gasteiger partial charge in [-0.15, -0.1) is 0 Å². The van der Waals surface area contributed by atoms with Crippen molar-refractivity contribution in [3.05, 3.63) is 57.0 Å². The number of amides is 1. The number of nitrogens with one attached hydrogen (secondary N) is 1. The largest absolute Gasteiger partial charge is 0.416 e. The number of carbonyl (C=O) groups is 1. The SMILES string of the molecule is CC1CCN(c2cnn(CC(=O)NCc3ccc(C(F)(F)F)cc3)c(=O)c2Cl)CC1. The zero-order valence-electron chi connectivity index (χ0n) is 16.4. The molecule has 0 atom stereocenters. The number of aromatic nitrogens is 2. The second-order valence-electron chi connectivity index (χ2n) is 7.45. The summed E-state index contributed by atoms with van der Waals surface area (Å²) in [5.74, 6) is 0.127. The van der Waals surface area contributed by atoms with Crippen LogP contribution in [0, 0.1) is 5.92 Å². The summed E-state index contributed by atoms with van der Waals surface area (Å²) < 4.78 is 38.7. The molecule has 1 aromatic heterocycles. The Kier molecular flexibility index (Phi) is 6.70. The predicted molar refractivity (Wildman–Crippen MR) is 107 cm³/mol. The van der Waals surface area contributed by atoms with Crippen molar-refractivity contribution < 1.29 is 18.0 Å². The summed E-state index contributed by atoms with van der Waals surface area (Å²) in [5, 5.41) is 6.64. The van der Waals surface area contributed by atoms with Gasteiger partial charge < -0.3 is 10.2 Å². The van der Waals surface area contributed by atoms with Crippen LogP contribution in [0.4, 0.5) is 18.9 Å². The van der Waals surface area contributed by atoms with E-state index in [4.69, 9.17) is 11.6 Å². The van der Waals surface area contributed by atoms with Crippen molar-refractivity contribution >= 4 is 23.2 Å². The highest BCUT2D eigenvalue weighted by Crippen LogP contribution is 2.29. The lowest BCUT2D eigenvalue weighted by atomic mass is 9.99. The van der Waals surface area contributed by atoms with Crippen LogP contribution in [-0.2, 0) is 24.1 Å². The first-order chi connectivity index (χ1) is 14.1. The van der Waals surface area contributed by atoms with Crippen LogP contribution < -0.4 is 15.8 Å². The van der Waals surface area contributed by atoms with E-state index in [0.29, 0.717) is 17.2 Å². The molecule has 2 heterocycles. The number of hydrogen-bond acceptors (Lipinski definition) is 4. The quantitative estimate of drug-likeness (QED) is 0.770. The van der Waals surface area contributed by atoms with Gasteiger partial charge in [0, 0.05) is 19.6 Å². The average molecular weight is 443 g/mol. The normalized spacial score (nSPS) is 15.3. The number of halogens is 4. The smallest absolute Gasteiger partial charge is 0.369 e. The molecule has 0 bridgehead atoms. The number of nitrogens with zero attached hydrogens (tertiary/aromatic N) is 3. The van der Waals surface area contributed by atoms with E-state index < -0.39 is 23.2 Å². The highest BCUT2D eigenvalue weighted by molar-refractivity contribution is 6.33. The van der Waals surface area contributed by atoms with E-state index in [1.54, 1.807) is 0 Å². The summed E-state index contributed by atoms with van der Waals surface area (Å²) in [6.07, 6.45) is -0.910. The van der Waals surface area contributed by atoms with E-state index in [1.165, 1.54) is 18.3 Å². The maximum absolute atomic E-state index is 12.6. The third-order valence-corrected chi connectivity index (χ3v) is 5.51. The Morgan fingerprint density at radius 1 is 1.23 bits per heavy atom. The van der Waals surface area contributed by atoms with E-state index >= 15 is 0 Å². The Morgan fingerprint density at radius 2 is 1.87 bits per heavy atom. The second kappa shape index (κ2) is 9.07. The van der Waals surface area contributed by atoms with Gasteiger partial charge in [-0.1, -0.05) is 30.7 Å². The van der Waals surface area contributed by atoms with Gasteiger partial charge in [-0.2, -0.15) is 18.3 Å². The third-order valence-electron chi connectivity index (χ3n) is 5.16. The molecule has 0 spiro atoms. The average Bonchev–Trinajstić information content (AvgIpc) is 2.71. The summed E-state index contributed by atoms with van der Waals surface area (Å²) in [4.78, 5) is 26.7. The first-order valence-electron chi connectivity index (χ1n) is 9.58. The molecule has 1 fully saturated rings. The molecule has 1 aliphatic heterocycles. The minimum atomic E-state index is -4.41. The Balaban J connectivity index is 1.60. The lowest BCUT2D eigenvalue weighted by molar-refractivity contribution is -0.137. The van der Waals surface area contributed by atoms with Crippen LogP contribution in [0.25, 0.3) is 0 Å². The van der Waals surface area contributed by atoms with Gasteiger partial charge in [0.1, 0.15) is 11.6 Å². The number of piperidine rings is 1. The molecule has 2 aromatic rings. The molecule has 0 saturated carbocycles. The Bertz CT molecular complexity index is 952. The molecule has 30 heavy (non-hydrogen) atoms. The molecule has 6 nitrogen and oxygen atoms in total. The summed E-state index contributed by atoms with van der Waals surface area (Å²) in [7, 11) is 0. The van der Waals surface area contributed by atoms with Crippen LogP contribution in [0.5, 0.6) is 0 Å². The molecule has 1 aliphatic rings. The van der Waals surface area contributed by atoms with Gasteiger partial charge in [0.25, 0.3) is 5.56 Å². The topological polar surface area (TPSA) is 67.2 Å². The Labute approximate surface area is 176 Å². The Hall–Kier alpha value is -2.55. The van der Waals surface area contributed by atoms with Gasteiger partial charge in [0.2, 0.25) is 5.91 Å². The first-order valence-corrected chi connectivity index (χ1v) is 9.96. The number of rotatable bonds is 5. The molecule has 10 heteroatoms.